The number of carbonyl (C=O) groups excluding carboxylic acids is 1. The summed E-state index contributed by atoms with van der Waals surface area (Å²) in [5.74, 6) is 0.176. The fourth-order valence-corrected chi connectivity index (χ4v) is 4.14. The van der Waals surface area contributed by atoms with Crippen LogP contribution in [0, 0.1) is 0 Å². The van der Waals surface area contributed by atoms with Gasteiger partial charge in [0.05, 0.1) is 0 Å². The van der Waals surface area contributed by atoms with E-state index in [1.807, 2.05) is 18.4 Å². The van der Waals surface area contributed by atoms with E-state index in [0.29, 0.717) is 29.9 Å². The van der Waals surface area contributed by atoms with Crippen LogP contribution in [-0.2, 0) is 4.79 Å². The summed E-state index contributed by atoms with van der Waals surface area (Å²) < 4.78 is 9.15. The van der Waals surface area contributed by atoms with Gasteiger partial charge in [-0.3, -0.25) is 4.79 Å². The van der Waals surface area contributed by atoms with Crippen LogP contribution in [0.25, 0.3) is 0 Å². The van der Waals surface area contributed by atoms with Crippen molar-refractivity contribution in [3.8, 4) is 0 Å². The summed E-state index contributed by atoms with van der Waals surface area (Å²) in [5.41, 5.74) is 1.26. The van der Waals surface area contributed by atoms with Crippen molar-refractivity contribution in [3.63, 3.8) is 0 Å². The lowest BCUT2D eigenvalue weighted by Crippen LogP contribution is -2.20. The highest BCUT2D eigenvalue weighted by molar-refractivity contribution is 7.97. The molecule has 0 radical (unpaired) electrons. The van der Waals surface area contributed by atoms with E-state index in [0.717, 1.165) is 6.42 Å². The molecule has 0 aromatic rings. The van der Waals surface area contributed by atoms with E-state index in [9.17, 15) is 4.79 Å². The second-order valence-corrected chi connectivity index (χ2v) is 8.96. The molecule has 1 aliphatic rings. The molecular formula is C26H43NO2S. The Morgan fingerprint density at radius 3 is 2.13 bits per heavy atom. The van der Waals surface area contributed by atoms with Crippen molar-refractivity contribution in [1.29, 1.82) is 0 Å². The van der Waals surface area contributed by atoms with E-state index in [4.69, 9.17) is 4.55 Å². The zero-order valence-corrected chi connectivity index (χ0v) is 19.9. The molecule has 0 unspecified atom stereocenters. The molecule has 1 heterocycles. The first-order valence-electron chi connectivity index (χ1n) is 12.0. The normalized spacial score (nSPS) is 14.7. The van der Waals surface area contributed by atoms with Crippen molar-refractivity contribution >= 4 is 17.9 Å². The van der Waals surface area contributed by atoms with Crippen molar-refractivity contribution < 1.29 is 9.35 Å². The Labute approximate surface area is 189 Å². The maximum atomic E-state index is 12.1. The van der Waals surface area contributed by atoms with E-state index < -0.39 is 0 Å². The lowest BCUT2D eigenvalue weighted by Gasteiger charge is -2.09. The summed E-state index contributed by atoms with van der Waals surface area (Å²) >= 11 is 0.689. The Hall–Kier alpha value is -1.26. The fourth-order valence-electron chi connectivity index (χ4n) is 3.83. The molecule has 1 rings (SSSR count). The Morgan fingerprint density at radius 2 is 1.60 bits per heavy atom. The van der Waals surface area contributed by atoms with Crippen LogP contribution in [0.15, 0.2) is 47.6 Å². The van der Waals surface area contributed by atoms with Gasteiger partial charge in [-0.25, -0.2) is 0 Å². The third kappa shape index (κ3) is 13.1. The molecule has 1 amide bonds. The Morgan fingerprint density at radius 1 is 1.03 bits per heavy atom. The zero-order valence-electron chi connectivity index (χ0n) is 19.1. The van der Waals surface area contributed by atoms with E-state index in [-0.39, 0.29) is 5.91 Å². The van der Waals surface area contributed by atoms with Crippen LogP contribution in [0.3, 0.4) is 0 Å². The summed E-state index contributed by atoms with van der Waals surface area (Å²) in [6.07, 6.45) is 28.5. The SMILES string of the molecule is C=C/C=C(\C=C/CN1C=C(CCCCCCCCCCCCCCC)CC1=O)SO. The summed E-state index contributed by atoms with van der Waals surface area (Å²) in [6, 6.07) is 0. The number of hydrogen-bond donors (Lipinski definition) is 1. The molecule has 0 aliphatic carbocycles. The van der Waals surface area contributed by atoms with E-state index in [2.05, 4.69) is 13.5 Å². The van der Waals surface area contributed by atoms with Crippen molar-refractivity contribution in [2.45, 2.75) is 103 Å². The average Bonchev–Trinajstić information content (AvgIpc) is 3.10. The van der Waals surface area contributed by atoms with Gasteiger partial charge in [-0.15, -0.1) is 0 Å². The van der Waals surface area contributed by atoms with Crippen LogP contribution < -0.4 is 0 Å². The van der Waals surface area contributed by atoms with Gasteiger partial charge in [-0.1, -0.05) is 103 Å². The molecule has 1 N–H and O–H groups in total. The van der Waals surface area contributed by atoms with Gasteiger partial charge in [0.1, 0.15) is 0 Å². The minimum absolute atomic E-state index is 0.176. The van der Waals surface area contributed by atoms with Gasteiger partial charge in [-0.05, 0) is 30.6 Å². The molecular weight excluding hydrogens is 390 g/mol. The predicted molar refractivity (Wildman–Crippen MR) is 132 cm³/mol. The van der Waals surface area contributed by atoms with Crippen LogP contribution in [0.1, 0.15) is 103 Å². The van der Waals surface area contributed by atoms with Crippen molar-refractivity contribution in [1.82, 2.24) is 4.90 Å². The van der Waals surface area contributed by atoms with Crippen LogP contribution in [0.5, 0.6) is 0 Å². The van der Waals surface area contributed by atoms with E-state index in [1.165, 1.54) is 89.0 Å². The average molecular weight is 434 g/mol. The van der Waals surface area contributed by atoms with E-state index in [1.54, 1.807) is 17.1 Å². The molecule has 1 aliphatic heterocycles. The number of hydrogen-bond acceptors (Lipinski definition) is 3. The third-order valence-electron chi connectivity index (χ3n) is 5.61. The van der Waals surface area contributed by atoms with Crippen LogP contribution in [0.4, 0.5) is 0 Å². The van der Waals surface area contributed by atoms with E-state index >= 15 is 0 Å². The monoisotopic (exact) mass is 433 g/mol. The molecule has 0 atom stereocenters. The third-order valence-corrected chi connectivity index (χ3v) is 6.09. The first-order chi connectivity index (χ1) is 14.7. The predicted octanol–water partition coefficient (Wildman–Crippen LogP) is 8.42. The Kier molecular flexibility index (Phi) is 16.5. The van der Waals surface area contributed by atoms with Crippen LogP contribution in [-0.4, -0.2) is 21.9 Å². The maximum absolute atomic E-state index is 12.1. The summed E-state index contributed by atoms with van der Waals surface area (Å²) in [6.45, 7) is 6.45. The zero-order chi connectivity index (χ0) is 21.9. The summed E-state index contributed by atoms with van der Waals surface area (Å²) in [7, 11) is 0. The number of nitrogens with zero attached hydrogens (tertiary/aromatic N) is 1. The summed E-state index contributed by atoms with van der Waals surface area (Å²) in [5, 5.41) is 0. The fraction of sp³-hybridized carbons (Fsp3) is 0.654. The number of allylic oxidation sites excluding steroid dienone is 3. The minimum atomic E-state index is 0.176. The standard InChI is InChI=1S/C26H43NO2S/c1-3-5-6-7-8-9-10-11-12-13-14-15-16-19-24-22-26(28)27(23-24)21-17-20-25(30-29)18-4-2/h4,17-18,20,23,29H,2-3,5-16,19,21-22H2,1H3/b20-17-,25-18+. The second-order valence-electron chi connectivity index (χ2n) is 8.30. The van der Waals surface area contributed by atoms with Gasteiger partial charge in [0.2, 0.25) is 5.91 Å². The number of unbranched alkanes of at least 4 members (excludes halogenated alkanes) is 12. The van der Waals surface area contributed by atoms with Gasteiger partial charge < -0.3 is 9.45 Å². The van der Waals surface area contributed by atoms with Crippen molar-refractivity contribution in [2.75, 3.05) is 6.54 Å². The molecule has 0 aromatic carbocycles. The lowest BCUT2D eigenvalue weighted by atomic mass is 10.0. The maximum Gasteiger partial charge on any atom is 0.230 e. The van der Waals surface area contributed by atoms with Gasteiger partial charge >= 0.3 is 0 Å². The second kappa shape index (κ2) is 18.5. The minimum Gasteiger partial charge on any atom is -0.325 e. The molecule has 0 saturated heterocycles. The van der Waals surface area contributed by atoms with Crippen LogP contribution >= 0.6 is 12.0 Å². The topological polar surface area (TPSA) is 40.5 Å². The van der Waals surface area contributed by atoms with Crippen LogP contribution in [0.2, 0.25) is 0 Å². The number of carbonyl (C=O) groups is 1. The molecule has 0 bridgehead atoms. The highest BCUT2D eigenvalue weighted by Gasteiger charge is 2.19. The molecule has 3 nitrogen and oxygen atoms in total. The quantitative estimate of drug-likeness (QED) is 0.126. The van der Waals surface area contributed by atoms with Crippen molar-refractivity contribution in [2.24, 2.45) is 0 Å². The van der Waals surface area contributed by atoms with Gasteiger partial charge in [-0.2, -0.15) is 0 Å². The highest BCUT2D eigenvalue weighted by Crippen LogP contribution is 2.22. The molecule has 30 heavy (non-hydrogen) atoms. The smallest absolute Gasteiger partial charge is 0.230 e. The first kappa shape index (κ1) is 26.8. The molecule has 0 fully saturated rings. The summed E-state index contributed by atoms with van der Waals surface area (Å²) in [4.78, 5) is 14.6. The molecule has 0 saturated carbocycles. The Bertz CT molecular complexity index is 565. The number of rotatable bonds is 19. The molecule has 0 aromatic heterocycles. The van der Waals surface area contributed by atoms with Gasteiger partial charge in [0.25, 0.3) is 0 Å². The number of amides is 1. The first-order valence-corrected chi connectivity index (χ1v) is 12.8. The largest absolute Gasteiger partial charge is 0.325 e. The Balaban J connectivity index is 2.05. The van der Waals surface area contributed by atoms with Gasteiger partial charge in [0.15, 0.2) is 0 Å². The lowest BCUT2D eigenvalue weighted by molar-refractivity contribution is -0.126. The molecule has 170 valence electrons. The molecule has 4 heteroatoms. The highest BCUT2D eigenvalue weighted by atomic mass is 32.2. The van der Waals surface area contributed by atoms with Crippen molar-refractivity contribution in [3.05, 3.63) is 47.6 Å². The molecule has 0 spiro atoms. The van der Waals surface area contributed by atoms with Gasteiger partial charge in [0, 0.05) is 36.1 Å².